The second-order valence-electron chi connectivity index (χ2n) is 6.67. The number of para-hydroxylation sites is 2. The number of nitrogens with zero attached hydrogens (tertiary/aromatic N) is 3. The van der Waals surface area contributed by atoms with Gasteiger partial charge in [0.05, 0.1) is 32.0 Å². The normalized spacial score (nSPS) is 22.1. The number of benzene rings is 1. The number of amides is 4. The zero-order chi connectivity index (χ0) is 18.8. The molecule has 1 aromatic carbocycles. The molecule has 0 aliphatic carbocycles. The molecule has 1 aromatic rings. The highest BCUT2D eigenvalue weighted by Crippen LogP contribution is 2.33. The molecule has 0 unspecified atom stereocenters. The lowest BCUT2D eigenvalue weighted by Gasteiger charge is -2.38. The first-order valence-corrected chi connectivity index (χ1v) is 9.09. The predicted octanol–water partition coefficient (Wildman–Crippen LogP) is -0.335. The van der Waals surface area contributed by atoms with Crippen LogP contribution in [0, 0.1) is 0 Å². The number of ether oxygens (including phenoxy) is 2. The van der Waals surface area contributed by atoms with E-state index < -0.39 is 6.10 Å². The van der Waals surface area contributed by atoms with E-state index in [9.17, 15) is 14.4 Å². The molecule has 0 aromatic heterocycles. The number of hydrogen-bond acceptors (Lipinski definition) is 6. The van der Waals surface area contributed by atoms with Gasteiger partial charge in [0.15, 0.2) is 6.10 Å². The fourth-order valence-corrected chi connectivity index (χ4v) is 3.53. The number of rotatable bonds is 3. The standard InChI is InChI=1S/C18H22N4O5/c23-16(22-6-5-19-18(22)25)12-21-11-15(17(24)20-7-9-26-10-8-20)27-14-4-2-1-3-13(14)21/h1-4,15H,5-12H2,(H,19,25)/t15-/m1/s1. The van der Waals surface area contributed by atoms with E-state index in [2.05, 4.69) is 5.32 Å². The van der Waals surface area contributed by atoms with Crippen LogP contribution in [0.5, 0.6) is 5.75 Å². The number of nitrogens with one attached hydrogen (secondary N) is 1. The molecule has 144 valence electrons. The third-order valence-electron chi connectivity index (χ3n) is 4.94. The van der Waals surface area contributed by atoms with E-state index in [-0.39, 0.29) is 30.9 Å². The lowest BCUT2D eigenvalue weighted by Crippen LogP contribution is -2.54. The molecule has 3 aliphatic heterocycles. The van der Waals surface area contributed by atoms with Crippen LogP contribution in [-0.4, -0.2) is 86.2 Å². The topological polar surface area (TPSA) is 91.4 Å². The summed E-state index contributed by atoms with van der Waals surface area (Å²) in [4.78, 5) is 42.0. The Kier molecular flexibility index (Phi) is 4.85. The first-order valence-electron chi connectivity index (χ1n) is 9.09. The molecule has 0 radical (unpaired) electrons. The summed E-state index contributed by atoms with van der Waals surface area (Å²) in [5.74, 6) is 0.164. The van der Waals surface area contributed by atoms with Gasteiger partial charge in [-0.25, -0.2) is 4.79 Å². The molecule has 0 saturated carbocycles. The fourth-order valence-electron chi connectivity index (χ4n) is 3.53. The van der Waals surface area contributed by atoms with Gasteiger partial charge in [-0.05, 0) is 12.1 Å². The van der Waals surface area contributed by atoms with Crippen LogP contribution in [0.25, 0.3) is 0 Å². The number of carbonyl (C=O) groups excluding carboxylic acids is 3. The average Bonchev–Trinajstić information content (AvgIpc) is 3.14. The van der Waals surface area contributed by atoms with Gasteiger partial charge in [-0.15, -0.1) is 0 Å². The zero-order valence-corrected chi connectivity index (χ0v) is 14.9. The molecular weight excluding hydrogens is 352 g/mol. The van der Waals surface area contributed by atoms with Crippen molar-refractivity contribution >= 4 is 23.5 Å². The summed E-state index contributed by atoms with van der Waals surface area (Å²) >= 11 is 0. The molecule has 3 heterocycles. The highest BCUT2D eigenvalue weighted by Gasteiger charge is 2.36. The molecule has 2 saturated heterocycles. The van der Waals surface area contributed by atoms with E-state index in [4.69, 9.17) is 9.47 Å². The summed E-state index contributed by atoms with van der Waals surface area (Å²) in [6, 6.07) is 6.94. The molecule has 0 spiro atoms. The van der Waals surface area contributed by atoms with Crippen molar-refractivity contribution in [2.24, 2.45) is 0 Å². The summed E-state index contributed by atoms with van der Waals surface area (Å²) in [6.07, 6.45) is -0.696. The maximum absolute atomic E-state index is 12.9. The van der Waals surface area contributed by atoms with Gasteiger partial charge in [-0.2, -0.15) is 0 Å². The van der Waals surface area contributed by atoms with Gasteiger partial charge in [0.25, 0.3) is 5.91 Å². The molecule has 4 rings (SSSR count). The quantitative estimate of drug-likeness (QED) is 0.779. The van der Waals surface area contributed by atoms with Crippen LogP contribution in [0.4, 0.5) is 10.5 Å². The third kappa shape index (κ3) is 3.55. The van der Waals surface area contributed by atoms with Crippen molar-refractivity contribution in [3.8, 4) is 5.75 Å². The Morgan fingerprint density at radius 3 is 2.67 bits per heavy atom. The van der Waals surface area contributed by atoms with Gasteiger partial charge in [-0.3, -0.25) is 14.5 Å². The van der Waals surface area contributed by atoms with E-state index in [1.165, 1.54) is 4.90 Å². The summed E-state index contributed by atoms with van der Waals surface area (Å²) in [7, 11) is 0. The van der Waals surface area contributed by atoms with E-state index in [1.807, 2.05) is 23.1 Å². The van der Waals surface area contributed by atoms with Gasteiger partial charge in [0, 0.05) is 26.2 Å². The number of urea groups is 1. The number of imide groups is 1. The lowest BCUT2D eigenvalue weighted by atomic mass is 10.1. The molecule has 9 nitrogen and oxygen atoms in total. The molecule has 2 fully saturated rings. The van der Waals surface area contributed by atoms with E-state index in [1.54, 1.807) is 11.0 Å². The van der Waals surface area contributed by atoms with Crippen molar-refractivity contribution < 1.29 is 23.9 Å². The lowest BCUT2D eigenvalue weighted by molar-refractivity contribution is -0.143. The van der Waals surface area contributed by atoms with E-state index in [0.717, 1.165) is 5.69 Å². The Morgan fingerprint density at radius 1 is 1.15 bits per heavy atom. The number of morpholine rings is 1. The molecule has 1 atom stereocenters. The van der Waals surface area contributed by atoms with Crippen LogP contribution in [0.2, 0.25) is 0 Å². The van der Waals surface area contributed by atoms with Gasteiger partial charge in [0.1, 0.15) is 5.75 Å². The Balaban J connectivity index is 1.52. The summed E-state index contributed by atoms with van der Waals surface area (Å²) in [5, 5.41) is 2.63. The monoisotopic (exact) mass is 374 g/mol. The van der Waals surface area contributed by atoms with Crippen LogP contribution in [-0.2, 0) is 14.3 Å². The van der Waals surface area contributed by atoms with Crippen molar-refractivity contribution in [3.05, 3.63) is 24.3 Å². The van der Waals surface area contributed by atoms with Crippen molar-refractivity contribution in [1.82, 2.24) is 15.1 Å². The molecule has 0 bridgehead atoms. The van der Waals surface area contributed by atoms with Crippen LogP contribution in [0.1, 0.15) is 0 Å². The highest BCUT2D eigenvalue weighted by molar-refractivity contribution is 5.98. The number of hydrogen-bond donors (Lipinski definition) is 1. The highest BCUT2D eigenvalue weighted by atomic mass is 16.5. The molecule has 27 heavy (non-hydrogen) atoms. The zero-order valence-electron chi connectivity index (χ0n) is 14.9. The molecule has 3 aliphatic rings. The SMILES string of the molecule is O=C([C@H]1CN(CC(=O)N2CCNC2=O)c2ccccc2O1)N1CCOCC1. The predicted molar refractivity (Wildman–Crippen MR) is 95.6 cm³/mol. The summed E-state index contributed by atoms with van der Waals surface area (Å²) in [5.41, 5.74) is 0.747. The Morgan fingerprint density at radius 2 is 1.93 bits per heavy atom. The third-order valence-corrected chi connectivity index (χ3v) is 4.94. The van der Waals surface area contributed by atoms with Crippen LogP contribution in [0.3, 0.4) is 0 Å². The van der Waals surface area contributed by atoms with Crippen molar-refractivity contribution in [3.63, 3.8) is 0 Å². The van der Waals surface area contributed by atoms with Crippen molar-refractivity contribution in [2.45, 2.75) is 6.10 Å². The molecule has 4 amide bonds. The van der Waals surface area contributed by atoms with Gasteiger partial charge < -0.3 is 24.6 Å². The van der Waals surface area contributed by atoms with E-state index >= 15 is 0 Å². The van der Waals surface area contributed by atoms with Crippen LogP contribution in [0.15, 0.2) is 24.3 Å². The molecule has 1 N–H and O–H groups in total. The minimum absolute atomic E-state index is 0.0146. The summed E-state index contributed by atoms with van der Waals surface area (Å²) < 4.78 is 11.2. The Labute approximate surface area is 156 Å². The minimum Gasteiger partial charge on any atom is -0.477 e. The molecule has 9 heteroatoms. The van der Waals surface area contributed by atoms with Crippen LogP contribution < -0.4 is 15.0 Å². The van der Waals surface area contributed by atoms with Crippen molar-refractivity contribution in [2.75, 3.05) is 57.4 Å². The Hall–Kier alpha value is -2.81. The van der Waals surface area contributed by atoms with Gasteiger partial charge in [0.2, 0.25) is 5.91 Å². The maximum Gasteiger partial charge on any atom is 0.324 e. The number of fused-ring (bicyclic) bond motifs is 1. The minimum atomic E-state index is -0.696. The van der Waals surface area contributed by atoms with Crippen LogP contribution >= 0.6 is 0 Å². The van der Waals surface area contributed by atoms with Gasteiger partial charge in [-0.1, -0.05) is 12.1 Å². The molecular formula is C18H22N4O5. The largest absolute Gasteiger partial charge is 0.477 e. The second kappa shape index (κ2) is 7.43. The first-order chi connectivity index (χ1) is 13.1. The Bertz CT molecular complexity index is 749. The van der Waals surface area contributed by atoms with Gasteiger partial charge >= 0.3 is 6.03 Å². The smallest absolute Gasteiger partial charge is 0.324 e. The maximum atomic E-state index is 12.9. The second-order valence-corrected chi connectivity index (χ2v) is 6.67. The first kappa shape index (κ1) is 17.6. The number of anilines is 1. The van der Waals surface area contributed by atoms with Crippen molar-refractivity contribution in [1.29, 1.82) is 0 Å². The summed E-state index contributed by atoms with van der Waals surface area (Å²) in [6.45, 7) is 3.19. The fraction of sp³-hybridized carbons (Fsp3) is 0.500. The average molecular weight is 374 g/mol. The number of carbonyl (C=O) groups is 3. The van der Waals surface area contributed by atoms with E-state index in [0.29, 0.717) is 45.1 Å².